The van der Waals surface area contributed by atoms with Crippen molar-refractivity contribution >= 4 is 32.8 Å². The molecule has 274 valence electrons. The van der Waals surface area contributed by atoms with E-state index >= 15 is 0 Å². The number of pyridine rings is 1. The Labute approximate surface area is 340 Å². The molecule has 0 saturated carbocycles. The van der Waals surface area contributed by atoms with Gasteiger partial charge in [0, 0.05) is 6.20 Å². The number of hydrogen-bond donors (Lipinski definition) is 0. The van der Waals surface area contributed by atoms with Crippen LogP contribution in [0.3, 0.4) is 0 Å². The van der Waals surface area contributed by atoms with E-state index in [4.69, 9.17) is 9.72 Å². The van der Waals surface area contributed by atoms with Gasteiger partial charge in [0.2, 0.25) is 0 Å². The second-order valence-corrected chi connectivity index (χ2v) is 16.2. The van der Waals surface area contributed by atoms with Crippen LogP contribution in [-0.4, -0.2) is 18.7 Å². The van der Waals surface area contributed by atoms with Crippen molar-refractivity contribution in [2.45, 2.75) is 12.3 Å². The molecule has 0 saturated heterocycles. The molecule has 0 fully saturated rings. The van der Waals surface area contributed by atoms with E-state index in [1.165, 1.54) is 55.4 Å². The van der Waals surface area contributed by atoms with Gasteiger partial charge < -0.3 is 0 Å². The Morgan fingerprint density at radius 1 is 0.509 bits per heavy atom. The van der Waals surface area contributed by atoms with Gasteiger partial charge in [-0.1, -0.05) is 72.8 Å². The molecule has 0 radical (unpaired) electrons. The Bertz CT molecular complexity index is 3360. The normalized spacial score (nSPS) is 13.3. The summed E-state index contributed by atoms with van der Waals surface area (Å²) in [5.41, 5.74) is 16.8. The zero-order valence-electron chi connectivity index (χ0n) is 31.2. The van der Waals surface area contributed by atoms with Crippen molar-refractivity contribution in [3.05, 3.63) is 202 Å². The van der Waals surface area contributed by atoms with Crippen molar-refractivity contribution in [3.63, 3.8) is 0 Å². The summed E-state index contributed by atoms with van der Waals surface area (Å²) >= 11 is 2.40. The molecule has 3 aromatic heterocycles. The summed E-state index contributed by atoms with van der Waals surface area (Å²) in [5.74, 6) is 2.42. The van der Waals surface area contributed by atoms with Crippen LogP contribution in [0.15, 0.2) is 170 Å². The van der Waals surface area contributed by atoms with E-state index in [-0.39, 0.29) is 0 Å². The number of ether oxygens (including phenoxy) is 1. The van der Waals surface area contributed by atoms with Gasteiger partial charge in [-0.05, 0) is 63.1 Å². The van der Waals surface area contributed by atoms with Crippen molar-refractivity contribution in [3.8, 4) is 45.3 Å². The number of hydrogen-bond acceptors (Lipinski definition) is 2. The van der Waals surface area contributed by atoms with E-state index < -0.39 is 5.41 Å². The predicted octanol–water partition coefficient (Wildman–Crippen LogP) is 12.0. The molecule has 12 rings (SSSR count). The van der Waals surface area contributed by atoms with E-state index in [1.807, 2.05) is 12.3 Å². The van der Waals surface area contributed by atoms with Crippen molar-refractivity contribution in [1.29, 1.82) is 0 Å². The molecule has 5 nitrogen and oxygen atoms in total. The molecular formula is C51H34N4OPt. The minimum atomic E-state index is -0.437. The van der Waals surface area contributed by atoms with Gasteiger partial charge in [0.15, 0.2) is 0 Å². The topological polar surface area (TPSA) is 36.9 Å². The Morgan fingerprint density at radius 2 is 1.14 bits per heavy atom. The predicted molar refractivity (Wildman–Crippen MR) is 225 cm³/mol. The first-order valence-electron chi connectivity index (χ1n) is 19.3. The Balaban J connectivity index is 1.08. The fraction of sp³-hybridized carbons (Fsp3) is 0.0588. The van der Waals surface area contributed by atoms with Crippen LogP contribution in [0.1, 0.15) is 27.8 Å². The van der Waals surface area contributed by atoms with Crippen LogP contribution in [0.25, 0.3) is 66.6 Å². The van der Waals surface area contributed by atoms with E-state index in [0.717, 1.165) is 54.3 Å². The standard InChI is InChI=1S/C51H34N4O.Pt/c1-32-24-25-52-50(26-32)55-48-28-35(56-34-13-11-12-33(27-34)54-31-53(2)46-20-9-10-21-47(46)54)22-23-39(48)41-29-40-38-16-5-8-19-44(38)51(45(40)30-49(41)55)42-17-6-3-14-36(42)37-15-4-7-18-43(37)51;/h3-30H,1-2H3;. The van der Waals surface area contributed by atoms with Crippen LogP contribution in [0.2, 0.25) is 0 Å². The van der Waals surface area contributed by atoms with E-state index in [0.29, 0.717) is 0 Å². The summed E-state index contributed by atoms with van der Waals surface area (Å²) in [4.78, 5) is 4.99. The molecule has 57 heavy (non-hydrogen) atoms. The first-order chi connectivity index (χ1) is 28.0. The van der Waals surface area contributed by atoms with Crippen molar-refractivity contribution in [2.24, 2.45) is 7.05 Å². The van der Waals surface area contributed by atoms with Gasteiger partial charge in [-0.2, -0.15) is 0 Å². The number of para-hydroxylation sites is 2. The molecule has 0 amide bonds. The van der Waals surface area contributed by atoms with Crippen molar-refractivity contribution in [1.82, 2.24) is 18.7 Å². The van der Waals surface area contributed by atoms with E-state index in [2.05, 4.69) is 205 Å². The molecule has 0 bridgehead atoms. The van der Waals surface area contributed by atoms with Crippen LogP contribution < -0.4 is 4.74 Å². The molecule has 7 aromatic carbocycles. The third kappa shape index (κ3) is 4.43. The van der Waals surface area contributed by atoms with Gasteiger partial charge in [0.1, 0.15) is 0 Å². The number of benzene rings is 7. The van der Waals surface area contributed by atoms with Gasteiger partial charge in [0.25, 0.3) is 0 Å². The molecule has 6 heteroatoms. The summed E-state index contributed by atoms with van der Waals surface area (Å²) in [5, 5.41) is 2.35. The number of fused-ring (bicyclic) bond motifs is 14. The van der Waals surface area contributed by atoms with E-state index in [9.17, 15) is 0 Å². The van der Waals surface area contributed by atoms with Gasteiger partial charge in [-0.3, -0.25) is 0 Å². The molecule has 0 atom stereocenters. The fourth-order valence-corrected chi connectivity index (χ4v) is 10.7. The van der Waals surface area contributed by atoms with Gasteiger partial charge in [-0.15, -0.1) is 0 Å². The van der Waals surface area contributed by atoms with Crippen LogP contribution in [0.4, 0.5) is 0 Å². The van der Waals surface area contributed by atoms with Crippen molar-refractivity contribution < 1.29 is 24.1 Å². The number of rotatable bonds is 4. The molecule has 0 aliphatic heterocycles. The SMILES string of the molecule is Cc1ccnc(-n2c3cc(Oc4cccc(-n5[c](=[Pt])n(C)c6ccccc65)c4)ccc3c3cc4c(cc32)C2(c3ccccc3-c3ccccc32)c2ccccc2-4)c1. The average molecular weight is 914 g/mol. The summed E-state index contributed by atoms with van der Waals surface area (Å²) < 4.78 is 14.7. The summed E-state index contributed by atoms with van der Waals surface area (Å²) in [6, 6.07) is 59.4. The summed E-state index contributed by atoms with van der Waals surface area (Å²) in [6.45, 7) is 2.13. The third-order valence-corrected chi connectivity index (χ3v) is 13.5. The minimum absolute atomic E-state index is 0.437. The van der Waals surface area contributed by atoms with Crippen LogP contribution in [0, 0.1) is 10.7 Å². The molecule has 0 unspecified atom stereocenters. The van der Waals surface area contributed by atoms with Crippen molar-refractivity contribution in [2.75, 3.05) is 0 Å². The smallest absolute Gasteiger partial charge is 0.0619 e. The fourth-order valence-electron chi connectivity index (χ4n) is 9.86. The first-order valence-corrected chi connectivity index (χ1v) is 20.4. The van der Waals surface area contributed by atoms with Gasteiger partial charge >= 0.3 is 194 Å². The average Bonchev–Trinajstić information content (AvgIpc) is 3.91. The Morgan fingerprint density at radius 3 is 1.86 bits per heavy atom. The van der Waals surface area contributed by atoms with Crippen LogP contribution in [-0.2, 0) is 31.8 Å². The molecule has 3 heterocycles. The zero-order chi connectivity index (χ0) is 38.0. The number of aromatic nitrogens is 4. The Kier molecular flexibility index (Phi) is 6.86. The second kappa shape index (κ2) is 12.0. The maximum atomic E-state index is 6.74. The minimum Gasteiger partial charge on any atom is -0.0619 e. The summed E-state index contributed by atoms with van der Waals surface area (Å²) in [6.07, 6.45) is 1.91. The zero-order valence-corrected chi connectivity index (χ0v) is 33.5. The molecule has 2 aliphatic carbocycles. The quantitative estimate of drug-likeness (QED) is 0.176. The first kappa shape index (κ1) is 32.7. The molecule has 1 spiro atoms. The second-order valence-electron chi connectivity index (χ2n) is 15.2. The monoisotopic (exact) mass is 913 g/mol. The van der Waals surface area contributed by atoms with Crippen LogP contribution >= 0.6 is 0 Å². The number of aryl methyl sites for hydroxylation is 2. The van der Waals surface area contributed by atoms with Crippen LogP contribution in [0.5, 0.6) is 11.5 Å². The molecule has 0 N–H and O–H groups in total. The number of nitrogens with zero attached hydrogens (tertiary/aromatic N) is 4. The third-order valence-electron chi connectivity index (χ3n) is 12.2. The molecule has 2 aliphatic rings. The number of imidazole rings is 1. The Hall–Kier alpha value is -6.55. The maximum absolute atomic E-state index is 6.74. The van der Waals surface area contributed by atoms with Gasteiger partial charge in [-0.25, -0.2) is 0 Å². The van der Waals surface area contributed by atoms with Gasteiger partial charge in [0.05, 0.1) is 5.41 Å². The molecular weight excluding hydrogens is 880 g/mol. The molecule has 10 aromatic rings. The summed E-state index contributed by atoms with van der Waals surface area (Å²) in [7, 11) is 2.11. The van der Waals surface area contributed by atoms with E-state index in [1.54, 1.807) is 0 Å².